The number of rotatable bonds is 1. The second-order valence-electron chi connectivity index (χ2n) is 8.74. The molecule has 0 radical (unpaired) electrons. The predicted octanol–water partition coefficient (Wildman–Crippen LogP) is 2.57. The van der Waals surface area contributed by atoms with Crippen LogP contribution in [0.25, 0.3) is 6.08 Å². The number of ether oxygens (including phenoxy) is 2. The molecule has 5 rings (SSSR count). The summed E-state index contributed by atoms with van der Waals surface area (Å²) in [6, 6.07) is 7.64. The molecule has 0 aromatic heterocycles. The molecular formula is C21H23NO4. The van der Waals surface area contributed by atoms with Gasteiger partial charge in [-0.1, -0.05) is 45.0 Å². The molecule has 1 aromatic carbocycles. The fourth-order valence-corrected chi connectivity index (χ4v) is 5.06. The zero-order chi connectivity index (χ0) is 18.2. The molecule has 0 N–H and O–H groups in total. The van der Waals surface area contributed by atoms with E-state index in [4.69, 9.17) is 9.47 Å². The lowest BCUT2D eigenvalue weighted by Gasteiger charge is -2.36. The van der Waals surface area contributed by atoms with Crippen LogP contribution in [0.15, 0.2) is 30.5 Å². The summed E-state index contributed by atoms with van der Waals surface area (Å²) in [5.74, 6) is -0.314. The van der Waals surface area contributed by atoms with E-state index in [0.717, 1.165) is 11.1 Å². The molecule has 0 aliphatic carbocycles. The van der Waals surface area contributed by atoms with E-state index in [2.05, 4.69) is 17.0 Å². The van der Waals surface area contributed by atoms with Gasteiger partial charge in [-0.05, 0) is 17.2 Å². The number of fused-ring (bicyclic) bond motifs is 8. The van der Waals surface area contributed by atoms with Crippen molar-refractivity contribution in [2.75, 3.05) is 6.61 Å². The van der Waals surface area contributed by atoms with Gasteiger partial charge in [0.2, 0.25) is 6.29 Å². The fourth-order valence-electron chi connectivity index (χ4n) is 5.06. The van der Waals surface area contributed by atoms with E-state index in [1.165, 1.54) is 0 Å². The van der Waals surface area contributed by atoms with Gasteiger partial charge in [0.1, 0.15) is 0 Å². The summed E-state index contributed by atoms with van der Waals surface area (Å²) < 4.78 is 11.4. The molecule has 1 aromatic rings. The Morgan fingerprint density at radius 1 is 1.23 bits per heavy atom. The molecule has 4 aliphatic heterocycles. The van der Waals surface area contributed by atoms with Crippen molar-refractivity contribution in [1.82, 2.24) is 4.90 Å². The van der Waals surface area contributed by atoms with Crippen LogP contribution in [0.3, 0.4) is 0 Å². The standard InChI is InChI=1S/C21H23NO4/c1-21(2,3)19(24)17-14-13-10-25-20(26-13)18(23)15(14)16-12-7-5-4-6-11(12)8-9-22(16)17/h4-9,13-17,20H,10H2,1-3H3/t13-,14+,15+,16+,17+,20-/m0/s1. The van der Waals surface area contributed by atoms with Crippen LogP contribution in [0.1, 0.15) is 37.9 Å². The highest BCUT2D eigenvalue weighted by Gasteiger charge is 2.64. The molecule has 3 fully saturated rings. The van der Waals surface area contributed by atoms with Crippen LogP contribution in [-0.2, 0) is 19.1 Å². The van der Waals surface area contributed by atoms with Crippen molar-refractivity contribution in [2.45, 2.75) is 45.2 Å². The molecule has 0 saturated carbocycles. The van der Waals surface area contributed by atoms with Crippen LogP contribution < -0.4 is 0 Å². The summed E-state index contributed by atoms with van der Waals surface area (Å²) in [7, 11) is 0. The van der Waals surface area contributed by atoms with Crippen LogP contribution in [0.5, 0.6) is 0 Å². The molecule has 0 spiro atoms. The fraction of sp³-hybridized carbons (Fsp3) is 0.524. The Balaban J connectivity index is 1.68. The number of carbonyl (C=O) groups excluding carboxylic acids is 2. The second kappa shape index (κ2) is 5.27. The molecule has 136 valence electrons. The van der Waals surface area contributed by atoms with Gasteiger partial charge in [-0.3, -0.25) is 9.59 Å². The van der Waals surface area contributed by atoms with Crippen molar-refractivity contribution in [3.63, 3.8) is 0 Å². The molecule has 0 amide bonds. The number of hydrogen-bond acceptors (Lipinski definition) is 5. The maximum absolute atomic E-state index is 13.4. The second-order valence-corrected chi connectivity index (χ2v) is 8.74. The normalized spacial score (nSPS) is 37.3. The predicted molar refractivity (Wildman–Crippen MR) is 94.9 cm³/mol. The van der Waals surface area contributed by atoms with Gasteiger partial charge < -0.3 is 14.4 Å². The maximum atomic E-state index is 13.4. The number of nitrogens with zero attached hydrogens (tertiary/aromatic N) is 1. The average Bonchev–Trinajstić information content (AvgIpc) is 3.19. The molecule has 3 saturated heterocycles. The van der Waals surface area contributed by atoms with Crippen molar-refractivity contribution in [3.8, 4) is 0 Å². The first-order valence-electron chi connectivity index (χ1n) is 9.27. The molecule has 2 bridgehead atoms. The summed E-state index contributed by atoms with van der Waals surface area (Å²) in [4.78, 5) is 28.6. The van der Waals surface area contributed by atoms with Crippen molar-refractivity contribution < 1.29 is 19.1 Å². The third-order valence-electron chi connectivity index (χ3n) is 6.21. The van der Waals surface area contributed by atoms with Crippen molar-refractivity contribution in [2.24, 2.45) is 17.3 Å². The van der Waals surface area contributed by atoms with E-state index >= 15 is 0 Å². The van der Waals surface area contributed by atoms with Crippen LogP contribution in [-0.4, -0.2) is 41.5 Å². The number of ketones is 2. The minimum Gasteiger partial charge on any atom is -0.359 e. The summed E-state index contributed by atoms with van der Waals surface area (Å²) in [6.45, 7) is 6.22. The largest absolute Gasteiger partial charge is 0.359 e. The Hall–Kier alpha value is -1.98. The Kier molecular flexibility index (Phi) is 3.29. The van der Waals surface area contributed by atoms with E-state index in [9.17, 15) is 9.59 Å². The van der Waals surface area contributed by atoms with E-state index in [-0.39, 0.29) is 41.6 Å². The van der Waals surface area contributed by atoms with Crippen LogP contribution in [0, 0.1) is 17.3 Å². The minimum atomic E-state index is -0.773. The van der Waals surface area contributed by atoms with E-state index < -0.39 is 11.7 Å². The van der Waals surface area contributed by atoms with Crippen LogP contribution >= 0.6 is 0 Å². The molecule has 0 unspecified atom stereocenters. The van der Waals surface area contributed by atoms with Crippen molar-refractivity contribution in [3.05, 3.63) is 41.6 Å². The lowest BCUT2D eigenvalue weighted by molar-refractivity contribution is -0.165. The zero-order valence-electron chi connectivity index (χ0n) is 15.2. The SMILES string of the molecule is CC(C)(C)C(=O)[C@H]1[C@H]2[C@@H](C(=O)[C@H]3OC[C@@H]2O3)[C@H]2c3ccccc3C=CN21. The maximum Gasteiger partial charge on any atom is 0.218 e. The summed E-state index contributed by atoms with van der Waals surface area (Å²) >= 11 is 0. The average molecular weight is 353 g/mol. The third-order valence-corrected chi connectivity index (χ3v) is 6.21. The topological polar surface area (TPSA) is 55.8 Å². The Morgan fingerprint density at radius 2 is 2.00 bits per heavy atom. The Bertz CT molecular complexity index is 824. The highest BCUT2D eigenvalue weighted by Crippen LogP contribution is 2.55. The first-order chi connectivity index (χ1) is 12.4. The lowest BCUT2D eigenvalue weighted by atomic mass is 9.73. The van der Waals surface area contributed by atoms with Gasteiger partial charge >= 0.3 is 0 Å². The van der Waals surface area contributed by atoms with Gasteiger partial charge in [0, 0.05) is 17.5 Å². The molecule has 26 heavy (non-hydrogen) atoms. The van der Waals surface area contributed by atoms with Crippen LogP contribution in [0.4, 0.5) is 0 Å². The number of benzene rings is 1. The monoisotopic (exact) mass is 353 g/mol. The number of hydrogen-bond donors (Lipinski definition) is 0. The quantitative estimate of drug-likeness (QED) is 0.777. The molecule has 5 nitrogen and oxygen atoms in total. The summed E-state index contributed by atoms with van der Waals surface area (Å²) in [5.41, 5.74) is 1.74. The number of Topliss-reactive ketones (excluding diaryl/α,β-unsaturated/α-hetero) is 2. The lowest BCUT2D eigenvalue weighted by Crippen LogP contribution is -2.50. The van der Waals surface area contributed by atoms with E-state index in [1.54, 1.807) is 0 Å². The first kappa shape index (κ1) is 16.2. The highest BCUT2D eigenvalue weighted by molar-refractivity contribution is 5.94. The highest BCUT2D eigenvalue weighted by atomic mass is 16.7. The summed E-state index contributed by atoms with van der Waals surface area (Å²) in [6.07, 6.45) is 3.07. The first-order valence-corrected chi connectivity index (χ1v) is 9.27. The number of carbonyl (C=O) groups is 2. The van der Waals surface area contributed by atoms with E-state index in [1.807, 2.05) is 45.2 Å². The molecule has 5 heteroatoms. The summed E-state index contributed by atoms with van der Waals surface area (Å²) in [5, 5.41) is 0. The molecular weight excluding hydrogens is 330 g/mol. The van der Waals surface area contributed by atoms with E-state index in [0.29, 0.717) is 6.61 Å². The van der Waals surface area contributed by atoms with Crippen molar-refractivity contribution >= 4 is 17.6 Å². The molecule has 6 atom stereocenters. The molecule has 4 aliphatic rings. The van der Waals surface area contributed by atoms with Gasteiger partial charge in [0.05, 0.1) is 30.7 Å². The van der Waals surface area contributed by atoms with Gasteiger partial charge in [0.15, 0.2) is 11.6 Å². The Morgan fingerprint density at radius 3 is 2.77 bits per heavy atom. The third kappa shape index (κ3) is 2.04. The van der Waals surface area contributed by atoms with Gasteiger partial charge in [-0.25, -0.2) is 0 Å². The molecule has 4 heterocycles. The van der Waals surface area contributed by atoms with Gasteiger partial charge in [-0.2, -0.15) is 0 Å². The van der Waals surface area contributed by atoms with Crippen molar-refractivity contribution in [1.29, 1.82) is 0 Å². The minimum absolute atomic E-state index is 0.0203. The van der Waals surface area contributed by atoms with Gasteiger partial charge in [0.25, 0.3) is 0 Å². The van der Waals surface area contributed by atoms with Crippen LogP contribution in [0.2, 0.25) is 0 Å². The van der Waals surface area contributed by atoms with Gasteiger partial charge in [-0.15, -0.1) is 0 Å². The Labute approximate surface area is 153 Å². The smallest absolute Gasteiger partial charge is 0.218 e. The zero-order valence-corrected chi connectivity index (χ0v) is 15.2.